The van der Waals surface area contributed by atoms with Crippen molar-refractivity contribution in [2.45, 2.75) is 47.0 Å². The van der Waals surface area contributed by atoms with Crippen LogP contribution in [0.2, 0.25) is 0 Å². The van der Waals surface area contributed by atoms with Crippen molar-refractivity contribution in [3.05, 3.63) is 0 Å². The van der Waals surface area contributed by atoms with Crippen molar-refractivity contribution in [2.24, 2.45) is 17.1 Å². The quantitative estimate of drug-likeness (QED) is 0.677. The van der Waals surface area contributed by atoms with Gasteiger partial charge >= 0.3 is 0 Å². The minimum absolute atomic E-state index is 0.137. The Kier molecular flexibility index (Phi) is 4.29. The van der Waals surface area contributed by atoms with E-state index in [0.717, 1.165) is 19.3 Å². The van der Waals surface area contributed by atoms with Gasteiger partial charge in [0.1, 0.15) is 0 Å². The molecule has 0 aliphatic carbocycles. The van der Waals surface area contributed by atoms with Crippen LogP contribution in [0.25, 0.3) is 0 Å². The fourth-order valence-corrected chi connectivity index (χ4v) is 1.90. The molecule has 0 aromatic rings. The lowest BCUT2D eigenvalue weighted by Gasteiger charge is -2.33. The first-order valence-corrected chi connectivity index (χ1v) is 4.81. The first-order valence-electron chi connectivity index (χ1n) is 4.81. The molecule has 2 nitrogen and oxygen atoms in total. The van der Waals surface area contributed by atoms with Crippen LogP contribution in [0.5, 0.6) is 0 Å². The summed E-state index contributed by atoms with van der Waals surface area (Å²) in [6, 6.07) is 0. The van der Waals surface area contributed by atoms with Gasteiger partial charge in [-0.15, -0.1) is 0 Å². The first-order chi connectivity index (χ1) is 5.51. The molecule has 0 saturated carbocycles. The SMILES string of the molecule is CCCC(CC)(C(N)=O)C(C)C. The maximum absolute atomic E-state index is 11.3. The molecule has 12 heavy (non-hydrogen) atoms. The maximum atomic E-state index is 11.3. The second-order valence-corrected chi connectivity index (χ2v) is 3.78. The van der Waals surface area contributed by atoms with E-state index in [1.165, 1.54) is 0 Å². The molecule has 1 unspecified atom stereocenters. The molecule has 0 spiro atoms. The van der Waals surface area contributed by atoms with Crippen LogP contribution in [0.1, 0.15) is 47.0 Å². The third kappa shape index (κ3) is 1.99. The van der Waals surface area contributed by atoms with Gasteiger partial charge in [-0.1, -0.05) is 34.1 Å². The Morgan fingerprint density at radius 3 is 2.00 bits per heavy atom. The van der Waals surface area contributed by atoms with Gasteiger partial charge in [0.15, 0.2) is 0 Å². The molecule has 0 bridgehead atoms. The van der Waals surface area contributed by atoms with E-state index < -0.39 is 0 Å². The minimum Gasteiger partial charge on any atom is -0.369 e. The summed E-state index contributed by atoms with van der Waals surface area (Å²) in [5, 5.41) is 0. The number of amides is 1. The van der Waals surface area contributed by atoms with Crippen LogP contribution in [0, 0.1) is 11.3 Å². The third-order valence-corrected chi connectivity index (χ3v) is 2.92. The lowest BCUT2D eigenvalue weighted by molar-refractivity contribution is -0.131. The van der Waals surface area contributed by atoms with Crippen molar-refractivity contribution in [1.29, 1.82) is 0 Å². The Morgan fingerprint density at radius 1 is 1.42 bits per heavy atom. The van der Waals surface area contributed by atoms with Crippen LogP contribution in [-0.4, -0.2) is 5.91 Å². The van der Waals surface area contributed by atoms with Gasteiger partial charge in [-0.2, -0.15) is 0 Å². The molecule has 0 aromatic heterocycles. The average Bonchev–Trinajstić information content (AvgIpc) is 1.98. The summed E-state index contributed by atoms with van der Waals surface area (Å²) in [4.78, 5) is 11.3. The van der Waals surface area contributed by atoms with Gasteiger partial charge in [-0.05, 0) is 18.8 Å². The lowest BCUT2D eigenvalue weighted by Crippen LogP contribution is -2.40. The summed E-state index contributed by atoms with van der Waals surface area (Å²) < 4.78 is 0. The van der Waals surface area contributed by atoms with E-state index in [0.29, 0.717) is 5.92 Å². The van der Waals surface area contributed by atoms with Crippen molar-refractivity contribution in [3.8, 4) is 0 Å². The molecule has 1 amide bonds. The molecule has 0 aliphatic heterocycles. The van der Waals surface area contributed by atoms with Crippen LogP contribution in [0.15, 0.2) is 0 Å². The largest absolute Gasteiger partial charge is 0.369 e. The predicted molar refractivity (Wildman–Crippen MR) is 51.7 cm³/mol. The normalized spacial score (nSPS) is 16.1. The Bertz CT molecular complexity index is 154. The van der Waals surface area contributed by atoms with Crippen molar-refractivity contribution in [3.63, 3.8) is 0 Å². The Hall–Kier alpha value is -0.530. The molecule has 2 N–H and O–H groups in total. The van der Waals surface area contributed by atoms with Crippen molar-refractivity contribution in [2.75, 3.05) is 0 Å². The van der Waals surface area contributed by atoms with Gasteiger partial charge in [0.25, 0.3) is 0 Å². The molecular formula is C10H21NO. The molecule has 0 radical (unpaired) electrons. The zero-order valence-electron chi connectivity index (χ0n) is 8.68. The first kappa shape index (κ1) is 11.5. The molecule has 0 aromatic carbocycles. The van der Waals surface area contributed by atoms with Crippen molar-refractivity contribution >= 4 is 5.91 Å². The van der Waals surface area contributed by atoms with E-state index in [9.17, 15) is 4.79 Å². The highest BCUT2D eigenvalue weighted by Crippen LogP contribution is 2.35. The van der Waals surface area contributed by atoms with Crippen LogP contribution in [0.4, 0.5) is 0 Å². The smallest absolute Gasteiger partial charge is 0.223 e. The summed E-state index contributed by atoms with van der Waals surface area (Å²) in [7, 11) is 0. The summed E-state index contributed by atoms with van der Waals surface area (Å²) in [5.41, 5.74) is 5.16. The number of hydrogen-bond donors (Lipinski definition) is 1. The fraction of sp³-hybridized carbons (Fsp3) is 0.900. The number of rotatable bonds is 5. The number of primary amides is 1. The molecule has 2 heteroatoms. The molecule has 0 heterocycles. The van der Waals surface area contributed by atoms with Crippen LogP contribution >= 0.6 is 0 Å². The number of carbonyl (C=O) groups excluding carboxylic acids is 1. The number of hydrogen-bond acceptors (Lipinski definition) is 1. The summed E-state index contributed by atoms with van der Waals surface area (Å²) in [5.74, 6) is 0.210. The Balaban J connectivity index is 4.63. The maximum Gasteiger partial charge on any atom is 0.223 e. The van der Waals surface area contributed by atoms with E-state index in [1.54, 1.807) is 0 Å². The highest BCUT2D eigenvalue weighted by atomic mass is 16.1. The summed E-state index contributed by atoms with van der Waals surface area (Å²) >= 11 is 0. The topological polar surface area (TPSA) is 43.1 Å². The molecular weight excluding hydrogens is 150 g/mol. The van der Waals surface area contributed by atoms with Gasteiger partial charge in [0, 0.05) is 0 Å². The van der Waals surface area contributed by atoms with Gasteiger partial charge in [0.2, 0.25) is 5.91 Å². The highest BCUT2D eigenvalue weighted by molar-refractivity contribution is 5.81. The van der Waals surface area contributed by atoms with Crippen molar-refractivity contribution in [1.82, 2.24) is 0 Å². The predicted octanol–water partition coefficient (Wildman–Crippen LogP) is 2.32. The van der Waals surface area contributed by atoms with Gasteiger partial charge in [-0.25, -0.2) is 0 Å². The zero-order chi connectivity index (χ0) is 9.78. The summed E-state index contributed by atoms with van der Waals surface area (Å²) in [6.07, 6.45) is 2.79. The van der Waals surface area contributed by atoms with Crippen LogP contribution in [0.3, 0.4) is 0 Å². The van der Waals surface area contributed by atoms with Gasteiger partial charge < -0.3 is 5.73 Å². The van der Waals surface area contributed by atoms with Gasteiger partial charge in [-0.3, -0.25) is 4.79 Å². The average molecular weight is 171 g/mol. The van der Waals surface area contributed by atoms with E-state index in [-0.39, 0.29) is 11.3 Å². The van der Waals surface area contributed by atoms with Gasteiger partial charge in [0.05, 0.1) is 5.41 Å². The van der Waals surface area contributed by atoms with E-state index in [1.807, 2.05) is 6.92 Å². The number of nitrogens with two attached hydrogens (primary N) is 1. The monoisotopic (exact) mass is 171 g/mol. The zero-order valence-corrected chi connectivity index (χ0v) is 8.68. The van der Waals surface area contributed by atoms with E-state index in [4.69, 9.17) is 5.73 Å². The van der Waals surface area contributed by atoms with Crippen molar-refractivity contribution < 1.29 is 4.79 Å². The molecule has 1 atom stereocenters. The Morgan fingerprint density at radius 2 is 1.92 bits per heavy atom. The second kappa shape index (κ2) is 4.48. The Labute approximate surface area is 75.5 Å². The second-order valence-electron chi connectivity index (χ2n) is 3.78. The molecule has 0 rings (SSSR count). The molecule has 0 aliphatic rings. The molecule has 0 fully saturated rings. The summed E-state index contributed by atoms with van der Waals surface area (Å²) in [6.45, 7) is 8.28. The molecule has 72 valence electrons. The lowest BCUT2D eigenvalue weighted by atomic mass is 9.71. The highest BCUT2D eigenvalue weighted by Gasteiger charge is 2.36. The molecule has 0 saturated heterocycles. The standard InChI is InChI=1S/C10H21NO/c1-5-7-10(6-2,8(3)4)9(11)12/h8H,5-7H2,1-4H3,(H2,11,12). The number of carbonyl (C=O) groups is 1. The fourth-order valence-electron chi connectivity index (χ4n) is 1.90. The third-order valence-electron chi connectivity index (χ3n) is 2.92. The van der Waals surface area contributed by atoms with Crippen LogP contribution < -0.4 is 5.73 Å². The van der Waals surface area contributed by atoms with E-state index in [2.05, 4.69) is 20.8 Å². The minimum atomic E-state index is -0.269. The van der Waals surface area contributed by atoms with E-state index >= 15 is 0 Å². The van der Waals surface area contributed by atoms with Crippen LogP contribution in [-0.2, 0) is 4.79 Å².